The molecule has 0 unspecified atom stereocenters. The maximum atomic E-state index is 12.5. The van der Waals surface area contributed by atoms with E-state index in [1.54, 1.807) is 17.4 Å². The molecule has 1 N–H and O–H groups in total. The summed E-state index contributed by atoms with van der Waals surface area (Å²) in [6, 6.07) is 5.67. The first kappa shape index (κ1) is 18.1. The van der Waals surface area contributed by atoms with Crippen molar-refractivity contribution >= 4 is 28.6 Å². The molecule has 0 saturated carbocycles. The number of fused-ring (bicyclic) bond motifs is 1. The molecule has 0 aliphatic heterocycles. The van der Waals surface area contributed by atoms with E-state index in [2.05, 4.69) is 15.4 Å². The van der Waals surface area contributed by atoms with E-state index in [1.807, 2.05) is 24.4 Å². The minimum atomic E-state index is -0.154. The van der Waals surface area contributed by atoms with E-state index >= 15 is 0 Å². The number of carbonyl (C=O) groups excluding carboxylic acids is 1. The maximum Gasteiger partial charge on any atom is 0.267 e. The van der Waals surface area contributed by atoms with Gasteiger partial charge in [-0.05, 0) is 49.6 Å². The minimum absolute atomic E-state index is 0.0983. The monoisotopic (exact) mass is 400 g/mol. The van der Waals surface area contributed by atoms with Crippen LogP contribution < -0.4 is 10.9 Å². The average Bonchev–Trinajstić information content (AvgIpc) is 3.31. The molecule has 0 fully saturated rings. The van der Waals surface area contributed by atoms with Gasteiger partial charge in [-0.2, -0.15) is 5.10 Å². The highest BCUT2D eigenvalue weighted by molar-refractivity contribution is 7.22. The molecule has 0 aromatic carbocycles. The third-order valence-electron chi connectivity index (χ3n) is 4.62. The van der Waals surface area contributed by atoms with Crippen LogP contribution in [0.1, 0.15) is 39.5 Å². The number of carbonyl (C=O) groups is 1. The quantitative estimate of drug-likeness (QED) is 0.714. The van der Waals surface area contributed by atoms with Gasteiger partial charge in [0.15, 0.2) is 0 Å². The Balaban J connectivity index is 1.41. The van der Waals surface area contributed by atoms with Crippen molar-refractivity contribution in [2.75, 3.05) is 6.54 Å². The summed E-state index contributed by atoms with van der Waals surface area (Å²) in [6.07, 6.45) is 4.10. The minimum Gasteiger partial charge on any atom is -0.349 e. The molecule has 0 bridgehead atoms. The molecule has 0 spiro atoms. The molecule has 140 valence electrons. The topological polar surface area (TPSA) is 76.9 Å². The number of nitrogens with one attached hydrogen (secondary N) is 1. The van der Waals surface area contributed by atoms with E-state index in [-0.39, 0.29) is 11.5 Å². The molecule has 0 atom stereocenters. The third-order valence-corrected chi connectivity index (χ3v) is 6.81. The van der Waals surface area contributed by atoms with Crippen LogP contribution in [0.4, 0.5) is 0 Å². The second-order valence-electron chi connectivity index (χ2n) is 6.55. The van der Waals surface area contributed by atoms with Gasteiger partial charge >= 0.3 is 0 Å². The van der Waals surface area contributed by atoms with Crippen LogP contribution in [0.25, 0.3) is 9.88 Å². The van der Waals surface area contributed by atoms with Crippen LogP contribution in [0.5, 0.6) is 0 Å². The number of hydrogen-bond donors (Lipinski definition) is 1. The van der Waals surface area contributed by atoms with E-state index in [9.17, 15) is 9.59 Å². The summed E-state index contributed by atoms with van der Waals surface area (Å²) in [5.74, 6) is -0.154. The van der Waals surface area contributed by atoms with E-state index in [1.165, 1.54) is 16.0 Å². The zero-order valence-corrected chi connectivity index (χ0v) is 16.7. The van der Waals surface area contributed by atoms with Crippen LogP contribution in [0, 0.1) is 6.92 Å². The molecular formula is C19H20N4O2S2. The first-order valence-corrected chi connectivity index (χ1v) is 10.7. The fraction of sp³-hybridized carbons (Fsp3) is 0.368. The first-order valence-electron chi connectivity index (χ1n) is 9.01. The Labute approximate surface area is 164 Å². The molecule has 3 aromatic heterocycles. The highest BCUT2D eigenvalue weighted by Gasteiger charge is 2.17. The summed E-state index contributed by atoms with van der Waals surface area (Å²) in [6.45, 7) is 2.57. The maximum absolute atomic E-state index is 12.5. The fourth-order valence-electron chi connectivity index (χ4n) is 3.23. The summed E-state index contributed by atoms with van der Waals surface area (Å²) in [7, 11) is 0. The van der Waals surface area contributed by atoms with Crippen molar-refractivity contribution in [3.05, 3.63) is 55.8 Å². The molecule has 1 aliphatic rings. The van der Waals surface area contributed by atoms with Gasteiger partial charge < -0.3 is 5.32 Å². The van der Waals surface area contributed by atoms with Crippen molar-refractivity contribution in [1.82, 2.24) is 20.1 Å². The summed E-state index contributed by atoms with van der Waals surface area (Å²) < 4.78 is 1.46. The van der Waals surface area contributed by atoms with Crippen molar-refractivity contribution in [2.45, 2.75) is 39.2 Å². The first-order chi connectivity index (χ1) is 13.1. The number of nitrogens with zero attached hydrogens (tertiary/aromatic N) is 3. The molecule has 0 saturated heterocycles. The lowest BCUT2D eigenvalue weighted by Gasteiger charge is -2.15. The van der Waals surface area contributed by atoms with Crippen LogP contribution in [-0.4, -0.2) is 27.2 Å². The number of thiazole rings is 1. The van der Waals surface area contributed by atoms with E-state index < -0.39 is 0 Å². The van der Waals surface area contributed by atoms with Gasteiger partial charge in [0.2, 0.25) is 0 Å². The lowest BCUT2D eigenvalue weighted by molar-refractivity contribution is 0.0955. The molecule has 0 radical (unpaired) electrons. The largest absolute Gasteiger partial charge is 0.349 e. The lowest BCUT2D eigenvalue weighted by Crippen LogP contribution is -2.33. The fourth-order valence-corrected chi connectivity index (χ4v) is 5.01. The van der Waals surface area contributed by atoms with Crippen LogP contribution in [0.3, 0.4) is 0 Å². The Morgan fingerprint density at radius 1 is 1.33 bits per heavy atom. The molecule has 6 nitrogen and oxygen atoms in total. The molecule has 3 aromatic rings. The zero-order valence-electron chi connectivity index (χ0n) is 15.0. The molecular weight excluding hydrogens is 380 g/mol. The molecule has 4 rings (SSSR count). The Morgan fingerprint density at radius 3 is 3.00 bits per heavy atom. The van der Waals surface area contributed by atoms with Crippen molar-refractivity contribution < 1.29 is 4.79 Å². The SMILES string of the molecule is Cc1nc(-c2cccs2)sc1C(=O)NCCn1nc2c(cc1=O)CCCC2. The van der Waals surface area contributed by atoms with Gasteiger partial charge in [0.05, 0.1) is 22.8 Å². The normalized spacial score (nSPS) is 13.4. The number of amides is 1. The molecule has 1 aliphatic carbocycles. The molecule has 3 heterocycles. The molecule has 27 heavy (non-hydrogen) atoms. The Bertz CT molecular complexity index is 1020. The van der Waals surface area contributed by atoms with Crippen LogP contribution in [0.15, 0.2) is 28.4 Å². The van der Waals surface area contributed by atoms with Gasteiger partial charge in [0.1, 0.15) is 9.88 Å². The predicted octanol–water partition coefficient (Wildman–Crippen LogP) is 3.05. The van der Waals surface area contributed by atoms with Crippen molar-refractivity contribution in [3.8, 4) is 9.88 Å². The number of hydrogen-bond acceptors (Lipinski definition) is 6. The van der Waals surface area contributed by atoms with Crippen molar-refractivity contribution in [3.63, 3.8) is 0 Å². The van der Waals surface area contributed by atoms with Gasteiger partial charge in [-0.25, -0.2) is 9.67 Å². The lowest BCUT2D eigenvalue weighted by atomic mass is 9.97. The Morgan fingerprint density at radius 2 is 2.19 bits per heavy atom. The van der Waals surface area contributed by atoms with Gasteiger partial charge in [-0.3, -0.25) is 9.59 Å². The number of thiophene rings is 1. The third kappa shape index (κ3) is 3.86. The van der Waals surface area contributed by atoms with Gasteiger partial charge in [0.25, 0.3) is 11.5 Å². The van der Waals surface area contributed by atoms with E-state index in [0.29, 0.717) is 18.0 Å². The van der Waals surface area contributed by atoms with Crippen LogP contribution in [0.2, 0.25) is 0 Å². The zero-order chi connectivity index (χ0) is 18.8. The van der Waals surface area contributed by atoms with Crippen LogP contribution in [-0.2, 0) is 19.4 Å². The second-order valence-corrected chi connectivity index (χ2v) is 8.50. The van der Waals surface area contributed by atoms with Crippen LogP contribution >= 0.6 is 22.7 Å². The van der Waals surface area contributed by atoms with Crippen molar-refractivity contribution in [1.29, 1.82) is 0 Å². The Kier molecular flexibility index (Phi) is 5.18. The molecule has 1 amide bonds. The molecule has 8 heteroatoms. The van der Waals surface area contributed by atoms with E-state index in [4.69, 9.17) is 0 Å². The predicted molar refractivity (Wildman–Crippen MR) is 108 cm³/mol. The highest BCUT2D eigenvalue weighted by atomic mass is 32.1. The Hall–Kier alpha value is -2.32. The summed E-state index contributed by atoms with van der Waals surface area (Å²) in [5, 5.41) is 10.2. The number of rotatable bonds is 5. The summed E-state index contributed by atoms with van der Waals surface area (Å²) in [4.78, 5) is 30.9. The smallest absolute Gasteiger partial charge is 0.267 e. The van der Waals surface area contributed by atoms with Crippen molar-refractivity contribution in [2.24, 2.45) is 0 Å². The van der Waals surface area contributed by atoms with Gasteiger partial charge in [-0.15, -0.1) is 22.7 Å². The highest BCUT2D eigenvalue weighted by Crippen LogP contribution is 2.30. The number of aromatic nitrogens is 3. The summed E-state index contributed by atoms with van der Waals surface area (Å²) >= 11 is 3.00. The number of aryl methyl sites for hydroxylation is 3. The second kappa shape index (κ2) is 7.74. The standard InChI is InChI=1S/C19H20N4O2S2/c1-12-17(27-19(21-12)15-7-4-10-26-15)18(25)20-8-9-23-16(24)11-13-5-2-3-6-14(13)22-23/h4,7,10-11H,2-3,5-6,8-9H2,1H3,(H,20,25). The van der Waals surface area contributed by atoms with Gasteiger partial charge in [-0.1, -0.05) is 6.07 Å². The van der Waals surface area contributed by atoms with Gasteiger partial charge in [0, 0.05) is 12.6 Å². The van der Waals surface area contributed by atoms with E-state index in [0.717, 1.165) is 52.5 Å². The summed E-state index contributed by atoms with van der Waals surface area (Å²) in [5.41, 5.74) is 2.72. The average molecular weight is 401 g/mol.